The smallest absolute Gasteiger partial charge is 0.0314 e. The van der Waals surface area contributed by atoms with E-state index in [1.807, 2.05) is 0 Å². The topological polar surface area (TPSA) is 0 Å². The van der Waals surface area contributed by atoms with Crippen LogP contribution in [0.4, 0.5) is 0 Å². The van der Waals surface area contributed by atoms with Crippen LogP contribution in [-0.4, -0.2) is 0 Å². The molecule has 0 aliphatic rings. The predicted molar refractivity (Wildman–Crippen MR) is 48.1 cm³/mol. The first-order valence-corrected chi connectivity index (χ1v) is 4.05. The van der Waals surface area contributed by atoms with Gasteiger partial charge in [-0.3, -0.25) is 0 Å². The Morgan fingerprint density at radius 1 is 1.10 bits per heavy atom. The summed E-state index contributed by atoms with van der Waals surface area (Å²) in [5.41, 5.74) is 1.42. The summed E-state index contributed by atoms with van der Waals surface area (Å²) in [7, 11) is 0. The molecule has 0 aromatic heterocycles. The lowest BCUT2D eigenvalue weighted by Crippen LogP contribution is -1.67. The molecule has 0 aromatic carbocycles. The van der Waals surface area contributed by atoms with Crippen LogP contribution in [0, 0.1) is 0 Å². The minimum Gasteiger partial charge on any atom is -0.0888 e. The van der Waals surface area contributed by atoms with Crippen LogP contribution in [0.5, 0.6) is 0 Å². The van der Waals surface area contributed by atoms with Crippen LogP contribution < -0.4 is 0 Å². The fourth-order valence-corrected chi connectivity index (χ4v) is 0.753. The maximum atomic E-state index is 2.28. The Balaban J connectivity index is 3.21. The third-order valence-corrected chi connectivity index (χ3v) is 1.29. The van der Waals surface area contributed by atoms with Gasteiger partial charge in [-0.05, 0) is 33.1 Å². The molecule has 0 rings (SSSR count). The molecule has 0 bridgehead atoms. The van der Waals surface area contributed by atoms with Crippen LogP contribution in [0.25, 0.3) is 0 Å². The van der Waals surface area contributed by atoms with Crippen molar-refractivity contribution >= 4 is 0 Å². The van der Waals surface area contributed by atoms with E-state index in [1.54, 1.807) is 0 Å². The number of hydrogen-bond donors (Lipinski definition) is 0. The molecule has 0 nitrogen and oxygen atoms in total. The molecule has 0 N–H and O–H groups in total. The molecular weight excluding hydrogens is 120 g/mol. The Bertz CT molecular complexity index is 114. The standard InChI is InChI=1S/C10H18/c1-4-5-6-7-8-9-10(2)3/h5-6,9H,4,7-8H2,1-3H3. The van der Waals surface area contributed by atoms with E-state index in [-0.39, 0.29) is 0 Å². The minimum atomic E-state index is 1.16. The molecule has 58 valence electrons. The lowest BCUT2D eigenvalue weighted by Gasteiger charge is -1.88. The summed E-state index contributed by atoms with van der Waals surface area (Å²) in [4.78, 5) is 0. The van der Waals surface area contributed by atoms with Crippen molar-refractivity contribution in [2.45, 2.75) is 40.0 Å². The number of rotatable bonds is 4. The molecule has 0 radical (unpaired) electrons. The highest BCUT2D eigenvalue weighted by molar-refractivity contribution is 4.94. The van der Waals surface area contributed by atoms with Gasteiger partial charge in [0, 0.05) is 0 Å². The molecule has 10 heavy (non-hydrogen) atoms. The third kappa shape index (κ3) is 7.48. The van der Waals surface area contributed by atoms with Gasteiger partial charge >= 0.3 is 0 Å². The summed E-state index contributed by atoms with van der Waals surface area (Å²) in [5.74, 6) is 0. The van der Waals surface area contributed by atoms with E-state index >= 15 is 0 Å². The molecule has 0 aliphatic carbocycles. The van der Waals surface area contributed by atoms with E-state index in [2.05, 4.69) is 39.0 Å². The van der Waals surface area contributed by atoms with Gasteiger partial charge in [-0.2, -0.15) is 0 Å². The van der Waals surface area contributed by atoms with Crippen molar-refractivity contribution in [2.75, 3.05) is 0 Å². The molecule has 0 saturated heterocycles. The highest BCUT2D eigenvalue weighted by Gasteiger charge is 1.77. The van der Waals surface area contributed by atoms with Crippen molar-refractivity contribution in [3.8, 4) is 0 Å². The van der Waals surface area contributed by atoms with Crippen LogP contribution >= 0.6 is 0 Å². The quantitative estimate of drug-likeness (QED) is 0.410. The maximum absolute atomic E-state index is 2.28. The van der Waals surface area contributed by atoms with Crippen LogP contribution in [-0.2, 0) is 0 Å². The first-order valence-electron chi connectivity index (χ1n) is 4.05. The zero-order valence-corrected chi connectivity index (χ0v) is 7.35. The summed E-state index contributed by atoms with van der Waals surface area (Å²) in [5, 5.41) is 0. The number of allylic oxidation sites excluding steroid dienone is 4. The molecule has 0 aliphatic heterocycles. The number of hydrogen-bond acceptors (Lipinski definition) is 0. The van der Waals surface area contributed by atoms with E-state index < -0.39 is 0 Å². The molecule has 0 saturated carbocycles. The lowest BCUT2D eigenvalue weighted by molar-refractivity contribution is 1.02. The SMILES string of the molecule is CCC=CCCC=C(C)C. The van der Waals surface area contributed by atoms with Gasteiger partial charge in [0.05, 0.1) is 0 Å². The Kier molecular flexibility index (Phi) is 6.25. The van der Waals surface area contributed by atoms with Crippen LogP contribution in [0.15, 0.2) is 23.8 Å². The van der Waals surface area contributed by atoms with Gasteiger partial charge in [-0.25, -0.2) is 0 Å². The molecule has 0 aromatic rings. The summed E-state index contributed by atoms with van der Waals surface area (Å²) < 4.78 is 0. The predicted octanol–water partition coefficient (Wildman–Crippen LogP) is 3.70. The van der Waals surface area contributed by atoms with Crippen molar-refractivity contribution in [3.63, 3.8) is 0 Å². The van der Waals surface area contributed by atoms with Crippen molar-refractivity contribution in [2.24, 2.45) is 0 Å². The van der Waals surface area contributed by atoms with Gasteiger partial charge in [-0.1, -0.05) is 30.7 Å². The van der Waals surface area contributed by atoms with E-state index in [0.717, 1.165) is 6.42 Å². The zero-order valence-electron chi connectivity index (χ0n) is 7.35. The Labute approximate surface area is 64.6 Å². The molecule has 0 heteroatoms. The average molecular weight is 138 g/mol. The van der Waals surface area contributed by atoms with Gasteiger partial charge in [0.25, 0.3) is 0 Å². The molecule has 0 atom stereocenters. The van der Waals surface area contributed by atoms with E-state index in [4.69, 9.17) is 0 Å². The summed E-state index contributed by atoms with van der Waals surface area (Å²) >= 11 is 0. The highest BCUT2D eigenvalue weighted by atomic mass is 13.8. The molecule has 0 heterocycles. The van der Waals surface area contributed by atoms with E-state index in [1.165, 1.54) is 18.4 Å². The summed E-state index contributed by atoms with van der Waals surface area (Å²) in [6.45, 7) is 6.45. The van der Waals surface area contributed by atoms with Crippen LogP contribution in [0.1, 0.15) is 40.0 Å². The summed E-state index contributed by atoms with van der Waals surface area (Å²) in [6.07, 6.45) is 10.3. The van der Waals surface area contributed by atoms with Crippen molar-refractivity contribution < 1.29 is 0 Å². The third-order valence-electron chi connectivity index (χ3n) is 1.29. The van der Waals surface area contributed by atoms with Gasteiger partial charge in [0.1, 0.15) is 0 Å². The molecule has 0 unspecified atom stereocenters. The Morgan fingerprint density at radius 3 is 2.30 bits per heavy atom. The average Bonchev–Trinajstić information content (AvgIpc) is 1.87. The second-order valence-corrected chi connectivity index (χ2v) is 2.74. The Hall–Kier alpha value is -0.520. The van der Waals surface area contributed by atoms with Gasteiger partial charge < -0.3 is 0 Å². The Morgan fingerprint density at radius 2 is 1.80 bits per heavy atom. The largest absolute Gasteiger partial charge is 0.0888 e. The zero-order chi connectivity index (χ0) is 7.82. The minimum absolute atomic E-state index is 1.16. The van der Waals surface area contributed by atoms with Crippen LogP contribution in [0.2, 0.25) is 0 Å². The van der Waals surface area contributed by atoms with Gasteiger partial charge in [-0.15, -0.1) is 0 Å². The number of unbranched alkanes of at least 4 members (excludes halogenated alkanes) is 1. The van der Waals surface area contributed by atoms with Crippen molar-refractivity contribution in [1.29, 1.82) is 0 Å². The fourth-order valence-electron chi connectivity index (χ4n) is 0.753. The normalized spacial score (nSPS) is 10.3. The molecule has 0 spiro atoms. The van der Waals surface area contributed by atoms with Crippen molar-refractivity contribution in [3.05, 3.63) is 23.8 Å². The monoisotopic (exact) mass is 138 g/mol. The second kappa shape index (κ2) is 6.60. The fraction of sp³-hybridized carbons (Fsp3) is 0.600. The van der Waals surface area contributed by atoms with Crippen molar-refractivity contribution in [1.82, 2.24) is 0 Å². The molecule has 0 fully saturated rings. The van der Waals surface area contributed by atoms with Crippen LogP contribution in [0.3, 0.4) is 0 Å². The highest BCUT2D eigenvalue weighted by Crippen LogP contribution is 1.98. The lowest BCUT2D eigenvalue weighted by atomic mass is 10.2. The second-order valence-electron chi connectivity index (χ2n) is 2.74. The first-order chi connectivity index (χ1) is 4.77. The maximum Gasteiger partial charge on any atom is -0.0314 e. The summed E-state index contributed by atoms with van der Waals surface area (Å²) in [6, 6.07) is 0. The molecular formula is C10H18. The van der Waals surface area contributed by atoms with Gasteiger partial charge in [0.2, 0.25) is 0 Å². The van der Waals surface area contributed by atoms with Gasteiger partial charge in [0.15, 0.2) is 0 Å². The first kappa shape index (κ1) is 9.48. The van der Waals surface area contributed by atoms with E-state index in [9.17, 15) is 0 Å². The van der Waals surface area contributed by atoms with E-state index in [0.29, 0.717) is 0 Å². The molecule has 0 amide bonds.